The maximum atomic E-state index is 12.7. The predicted molar refractivity (Wildman–Crippen MR) is 133 cm³/mol. The molecule has 0 radical (unpaired) electrons. The van der Waals surface area contributed by atoms with Crippen molar-refractivity contribution in [2.45, 2.75) is 65.3 Å². The van der Waals surface area contributed by atoms with Crippen LogP contribution >= 0.6 is 0 Å². The molecule has 1 aliphatic rings. The Hall–Kier alpha value is -3.46. The number of likely N-dealkylation sites (tertiary alicyclic amines) is 1. The number of imidazole rings is 1. The number of piperidine rings is 1. The number of carbonyl (C=O) groups is 1. The number of hydrogen-bond acceptors (Lipinski definition) is 6. The van der Waals surface area contributed by atoms with Crippen LogP contribution in [-0.4, -0.2) is 51.0 Å². The quantitative estimate of drug-likeness (QED) is 0.350. The van der Waals surface area contributed by atoms with E-state index in [2.05, 4.69) is 22.0 Å². The zero-order valence-electron chi connectivity index (χ0n) is 20.6. The van der Waals surface area contributed by atoms with Crippen molar-refractivity contribution in [3.8, 4) is 17.2 Å². The molecule has 3 aromatic rings. The summed E-state index contributed by atoms with van der Waals surface area (Å²) < 4.78 is 18.4. The molecule has 35 heavy (non-hydrogen) atoms. The first kappa shape index (κ1) is 24.7. The highest BCUT2D eigenvalue weighted by Gasteiger charge is 2.24. The molecule has 0 unspecified atom stereocenters. The van der Waals surface area contributed by atoms with Crippen molar-refractivity contribution in [2.75, 3.05) is 13.1 Å². The Morgan fingerprint density at radius 1 is 1.00 bits per heavy atom. The zero-order valence-corrected chi connectivity index (χ0v) is 20.6. The third kappa shape index (κ3) is 6.16. The smallest absolute Gasteiger partial charge is 0.491 e. The molecule has 1 aliphatic heterocycles. The van der Waals surface area contributed by atoms with E-state index in [0.29, 0.717) is 5.52 Å². The molecule has 9 nitrogen and oxygen atoms in total. The highest BCUT2D eigenvalue weighted by Crippen LogP contribution is 2.29. The van der Waals surface area contributed by atoms with Crippen LogP contribution in [0.5, 0.6) is 17.2 Å². The Morgan fingerprint density at radius 3 is 2.20 bits per heavy atom. The van der Waals surface area contributed by atoms with Gasteiger partial charge in [0.1, 0.15) is 17.2 Å². The van der Waals surface area contributed by atoms with E-state index in [1.807, 2.05) is 33.8 Å². The normalized spacial score (nSPS) is 15.1. The fourth-order valence-corrected chi connectivity index (χ4v) is 4.63. The summed E-state index contributed by atoms with van der Waals surface area (Å²) in [5.41, 5.74) is 2.25. The third-order valence-corrected chi connectivity index (χ3v) is 5.90. The van der Waals surface area contributed by atoms with Crippen molar-refractivity contribution >= 4 is 17.2 Å². The summed E-state index contributed by atoms with van der Waals surface area (Å²) in [4.78, 5) is 28.7. The molecule has 0 aliphatic carbocycles. The van der Waals surface area contributed by atoms with Gasteiger partial charge < -0.3 is 24.3 Å². The number of hydrogen-bond donors (Lipinski definition) is 2. The van der Waals surface area contributed by atoms with E-state index in [-0.39, 0.29) is 29.7 Å². The SMILES string of the molecule is CC(C)Oc1cc(CN2CCC(n3c(=O)[nH]c4cc(OC(=O)O)ccc43)CC2)cc(OC(C)C)c1. The monoisotopic (exact) mass is 483 g/mol. The number of ether oxygens (including phenoxy) is 3. The molecule has 1 fully saturated rings. The average Bonchev–Trinajstić information content (AvgIpc) is 3.07. The molecule has 2 N–H and O–H groups in total. The van der Waals surface area contributed by atoms with Crippen molar-refractivity contribution < 1.29 is 24.1 Å². The largest absolute Gasteiger partial charge is 0.511 e. The topological polar surface area (TPSA) is 106 Å². The second kappa shape index (κ2) is 10.4. The van der Waals surface area contributed by atoms with Crippen LogP contribution in [0.4, 0.5) is 4.79 Å². The number of benzene rings is 2. The van der Waals surface area contributed by atoms with Gasteiger partial charge in [-0.05, 0) is 70.4 Å². The summed E-state index contributed by atoms with van der Waals surface area (Å²) in [6, 6.07) is 11.0. The first-order chi connectivity index (χ1) is 16.7. The number of nitrogens with one attached hydrogen (secondary N) is 1. The Balaban J connectivity index is 1.45. The molecule has 0 amide bonds. The minimum Gasteiger partial charge on any atom is -0.491 e. The number of fused-ring (bicyclic) bond motifs is 1. The lowest BCUT2D eigenvalue weighted by Crippen LogP contribution is -2.36. The van der Waals surface area contributed by atoms with E-state index in [1.54, 1.807) is 22.8 Å². The van der Waals surface area contributed by atoms with Gasteiger partial charge in [-0.25, -0.2) is 9.59 Å². The summed E-state index contributed by atoms with van der Waals surface area (Å²) in [5.74, 6) is 1.79. The Labute approximate surface area is 204 Å². The van der Waals surface area contributed by atoms with Crippen LogP contribution in [0, 0.1) is 0 Å². The summed E-state index contributed by atoms with van der Waals surface area (Å²) in [7, 11) is 0. The van der Waals surface area contributed by atoms with Gasteiger partial charge >= 0.3 is 11.8 Å². The molecule has 0 spiro atoms. The molecular weight excluding hydrogens is 450 g/mol. The lowest BCUT2D eigenvalue weighted by atomic mass is 10.0. The van der Waals surface area contributed by atoms with Crippen LogP contribution in [0.15, 0.2) is 41.2 Å². The lowest BCUT2D eigenvalue weighted by Gasteiger charge is -2.32. The maximum Gasteiger partial charge on any atom is 0.511 e. The lowest BCUT2D eigenvalue weighted by molar-refractivity contribution is 0.144. The van der Waals surface area contributed by atoms with E-state index in [4.69, 9.17) is 19.3 Å². The average molecular weight is 484 g/mol. The van der Waals surface area contributed by atoms with Gasteiger partial charge in [0.15, 0.2) is 0 Å². The minimum absolute atomic E-state index is 0.0641. The molecular formula is C26H33N3O6. The van der Waals surface area contributed by atoms with Crippen LogP contribution in [0.3, 0.4) is 0 Å². The van der Waals surface area contributed by atoms with Crippen LogP contribution in [0.1, 0.15) is 52.1 Å². The maximum absolute atomic E-state index is 12.7. The number of H-pyrrole nitrogens is 1. The van der Waals surface area contributed by atoms with Gasteiger partial charge in [-0.1, -0.05) is 0 Å². The molecule has 2 heterocycles. The second-order valence-electron chi connectivity index (χ2n) is 9.50. The standard InChI is InChI=1S/C26H33N3O6/c1-16(2)33-21-11-18(12-22(13-21)34-17(3)4)15-28-9-7-19(8-10-28)29-24-6-5-20(35-26(31)32)14-23(24)27-25(29)30/h5-6,11-14,16-17,19H,7-10,15H2,1-4H3,(H,27,30)(H,31,32). The van der Waals surface area contributed by atoms with Crippen molar-refractivity contribution in [1.82, 2.24) is 14.5 Å². The van der Waals surface area contributed by atoms with E-state index >= 15 is 0 Å². The van der Waals surface area contributed by atoms with Crippen molar-refractivity contribution in [3.05, 3.63) is 52.4 Å². The van der Waals surface area contributed by atoms with Gasteiger partial charge in [0, 0.05) is 37.8 Å². The number of aromatic amines is 1. The molecule has 0 bridgehead atoms. The zero-order chi connectivity index (χ0) is 25.1. The van der Waals surface area contributed by atoms with Crippen molar-refractivity contribution in [2.24, 2.45) is 0 Å². The predicted octanol–water partition coefficient (Wildman–Crippen LogP) is 4.80. The second-order valence-corrected chi connectivity index (χ2v) is 9.50. The highest BCUT2D eigenvalue weighted by molar-refractivity contribution is 5.78. The van der Waals surface area contributed by atoms with Crippen molar-refractivity contribution in [3.63, 3.8) is 0 Å². The molecule has 9 heteroatoms. The molecule has 1 saturated heterocycles. The summed E-state index contributed by atoms with van der Waals surface area (Å²) in [6.45, 7) is 10.5. The molecule has 188 valence electrons. The number of aromatic nitrogens is 2. The van der Waals surface area contributed by atoms with Crippen LogP contribution in [0.25, 0.3) is 11.0 Å². The Morgan fingerprint density at radius 2 is 1.63 bits per heavy atom. The number of rotatable bonds is 8. The highest BCUT2D eigenvalue weighted by atomic mass is 16.7. The van der Waals surface area contributed by atoms with Gasteiger partial charge in [0.05, 0.1) is 23.2 Å². The van der Waals surface area contributed by atoms with Gasteiger partial charge in [-0.15, -0.1) is 0 Å². The summed E-state index contributed by atoms with van der Waals surface area (Å²) in [6.07, 6.45) is 0.432. The van der Waals surface area contributed by atoms with Crippen molar-refractivity contribution in [1.29, 1.82) is 0 Å². The van der Waals surface area contributed by atoms with E-state index in [1.165, 1.54) is 0 Å². The van der Waals surface area contributed by atoms with Crippen LogP contribution < -0.4 is 19.9 Å². The van der Waals surface area contributed by atoms with Gasteiger partial charge in [-0.2, -0.15) is 0 Å². The molecule has 0 atom stereocenters. The van der Waals surface area contributed by atoms with E-state index in [0.717, 1.165) is 55.1 Å². The van der Waals surface area contributed by atoms with E-state index < -0.39 is 6.16 Å². The van der Waals surface area contributed by atoms with Gasteiger partial charge in [-0.3, -0.25) is 9.47 Å². The Kier molecular flexibility index (Phi) is 7.35. The molecule has 1 aromatic heterocycles. The summed E-state index contributed by atoms with van der Waals surface area (Å²) in [5, 5.41) is 8.82. The fourth-order valence-electron chi connectivity index (χ4n) is 4.63. The van der Waals surface area contributed by atoms with Crippen LogP contribution in [0.2, 0.25) is 0 Å². The van der Waals surface area contributed by atoms with E-state index in [9.17, 15) is 9.59 Å². The number of nitrogens with zero attached hydrogens (tertiary/aromatic N) is 2. The number of carboxylic acid groups (broad SMARTS) is 1. The minimum atomic E-state index is -1.39. The molecule has 0 saturated carbocycles. The van der Waals surface area contributed by atoms with Gasteiger partial charge in [0.2, 0.25) is 0 Å². The first-order valence-corrected chi connectivity index (χ1v) is 12.0. The van der Waals surface area contributed by atoms with Crippen LogP contribution in [-0.2, 0) is 6.54 Å². The summed E-state index contributed by atoms with van der Waals surface area (Å²) >= 11 is 0. The fraction of sp³-hybridized carbons (Fsp3) is 0.462. The van der Waals surface area contributed by atoms with Gasteiger partial charge in [0.25, 0.3) is 0 Å². The molecule has 4 rings (SSSR count). The third-order valence-electron chi connectivity index (χ3n) is 5.90. The molecule has 2 aromatic carbocycles. The first-order valence-electron chi connectivity index (χ1n) is 12.0. The Bertz CT molecular complexity index is 1210.